The zero-order valence-electron chi connectivity index (χ0n) is 13.4. The minimum absolute atomic E-state index is 0.655. The van der Waals surface area contributed by atoms with Crippen LogP contribution in [0.1, 0.15) is 36.5 Å². The lowest BCUT2D eigenvalue weighted by Crippen LogP contribution is -2.31. The maximum Gasteiger partial charge on any atom is 0.240 e. The summed E-state index contributed by atoms with van der Waals surface area (Å²) in [7, 11) is 0. The van der Waals surface area contributed by atoms with Gasteiger partial charge in [-0.1, -0.05) is 35.5 Å². The van der Waals surface area contributed by atoms with Gasteiger partial charge in [-0.3, -0.25) is 4.90 Å². The third-order valence-corrected chi connectivity index (χ3v) is 4.63. The van der Waals surface area contributed by atoms with Crippen LogP contribution < -0.4 is 0 Å². The van der Waals surface area contributed by atoms with Gasteiger partial charge >= 0.3 is 0 Å². The molecule has 0 N–H and O–H groups in total. The Hall–Kier alpha value is -1.72. The average molecular weight is 313 g/mol. The Labute approximate surface area is 136 Å². The molecule has 2 aromatic rings. The third kappa shape index (κ3) is 3.98. The molecule has 1 saturated heterocycles. The first kappa shape index (κ1) is 14.8. The molecule has 0 amide bonds. The topological polar surface area (TPSA) is 51.4 Å². The molecule has 4 rings (SSSR count). The molecule has 1 aromatic heterocycles. The second kappa shape index (κ2) is 6.81. The Morgan fingerprint density at radius 1 is 1.13 bits per heavy atom. The second-order valence-corrected chi connectivity index (χ2v) is 6.66. The Bertz CT molecular complexity index is 618. The SMILES string of the molecule is c1ccc(Cc2noc(CN(C[C@@H]3CCOC3)C3CC3)n2)cc1. The van der Waals surface area contributed by atoms with Crippen molar-refractivity contribution < 1.29 is 9.26 Å². The highest BCUT2D eigenvalue weighted by Crippen LogP contribution is 2.30. The first-order valence-electron chi connectivity index (χ1n) is 8.54. The van der Waals surface area contributed by atoms with Gasteiger partial charge in [0.25, 0.3) is 0 Å². The molecule has 1 aromatic carbocycles. The summed E-state index contributed by atoms with van der Waals surface area (Å²) in [4.78, 5) is 7.08. The zero-order chi connectivity index (χ0) is 15.5. The molecule has 0 spiro atoms. The highest BCUT2D eigenvalue weighted by atomic mass is 16.5. The summed E-state index contributed by atoms with van der Waals surface area (Å²) in [5.74, 6) is 2.16. The van der Waals surface area contributed by atoms with E-state index in [1.54, 1.807) is 0 Å². The predicted molar refractivity (Wildman–Crippen MR) is 85.9 cm³/mol. The number of aromatic nitrogens is 2. The van der Waals surface area contributed by atoms with Crippen LogP contribution >= 0.6 is 0 Å². The first-order valence-corrected chi connectivity index (χ1v) is 8.54. The lowest BCUT2D eigenvalue weighted by Gasteiger charge is -2.22. The molecule has 5 nitrogen and oxygen atoms in total. The van der Waals surface area contributed by atoms with Gasteiger partial charge in [0.15, 0.2) is 5.82 Å². The molecule has 23 heavy (non-hydrogen) atoms. The number of rotatable bonds is 7. The predicted octanol–water partition coefficient (Wildman–Crippen LogP) is 2.66. The lowest BCUT2D eigenvalue weighted by atomic mass is 10.1. The number of nitrogens with zero attached hydrogens (tertiary/aromatic N) is 3. The molecule has 2 aliphatic rings. The molecule has 0 bridgehead atoms. The smallest absolute Gasteiger partial charge is 0.240 e. The zero-order valence-corrected chi connectivity index (χ0v) is 13.4. The Balaban J connectivity index is 1.37. The molecule has 1 aliphatic heterocycles. The van der Waals surface area contributed by atoms with Crippen molar-refractivity contribution in [1.82, 2.24) is 15.0 Å². The average Bonchev–Trinajstić information content (AvgIpc) is 3.12. The molecule has 1 saturated carbocycles. The Morgan fingerprint density at radius 2 is 2.00 bits per heavy atom. The van der Waals surface area contributed by atoms with Crippen molar-refractivity contribution in [3.63, 3.8) is 0 Å². The summed E-state index contributed by atoms with van der Waals surface area (Å²) in [6.45, 7) is 3.65. The van der Waals surface area contributed by atoms with E-state index in [1.165, 1.54) is 24.8 Å². The highest BCUT2D eigenvalue weighted by molar-refractivity contribution is 5.18. The summed E-state index contributed by atoms with van der Waals surface area (Å²) < 4.78 is 11.0. The van der Waals surface area contributed by atoms with E-state index in [0.717, 1.165) is 44.4 Å². The molecule has 1 aliphatic carbocycles. The van der Waals surface area contributed by atoms with Crippen LogP contribution in [0.5, 0.6) is 0 Å². The fraction of sp³-hybridized carbons (Fsp3) is 0.556. The van der Waals surface area contributed by atoms with Gasteiger partial charge in [0.1, 0.15) is 0 Å². The summed E-state index contributed by atoms with van der Waals surface area (Å²) in [6.07, 6.45) is 4.48. The third-order valence-electron chi connectivity index (χ3n) is 4.63. The number of ether oxygens (including phenoxy) is 1. The van der Waals surface area contributed by atoms with Gasteiger partial charge in [0, 0.05) is 25.6 Å². The van der Waals surface area contributed by atoms with Crippen LogP contribution in [0.25, 0.3) is 0 Å². The van der Waals surface area contributed by atoms with Crippen LogP contribution in [-0.4, -0.2) is 40.8 Å². The first-order chi connectivity index (χ1) is 11.4. The van der Waals surface area contributed by atoms with Crippen molar-refractivity contribution in [3.05, 3.63) is 47.6 Å². The van der Waals surface area contributed by atoms with Crippen molar-refractivity contribution in [3.8, 4) is 0 Å². The van der Waals surface area contributed by atoms with Crippen molar-refractivity contribution in [2.45, 2.75) is 38.3 Å². The van der Waals surface area contributed by atoms with E-state index in [1.807, 2.05) is 18.2 Å². The molecular weight excluding hydrogens is 290 g/mol. The Kier molecular flexibility index (Phi) is 4.39. The van der Waals surface area contributed by atoms with Crippen LogP contribution in [-0.2, 0) is 17.7 Å². The minimum Gasteiger partial charge on any atom is -0.381 e. The quantitative estimate of drug-likeness (QED) is 0.786. The van der Waals surface area contributed by atoms with Crippen LogP contribution in [0, 0.1) is 5.92 Å². The van der Waals surface area contributed by atoms with Crippen LogP contribution in [0.15, 0.2) is 34.9 Å². The van der Waals surface area contributed by atoms with E-state index < -0.39 is 0 Å². The van der Waals surface area contributed by atoms with E-state index in [-0.39, 0.29) is 0 Å². The van der Waals surface area contributed by atoms with Crippen molar-refractivity contribution in [2.24, 2.45) is 5.92 Å². The van der Waals surface area contributed by atoms with Gasteiger partial charge in [0.05, 0.1) is 13.2 Å². The lowest BCUT2D eigenvalue weighted by molar-refractivity contribution is 0.153. The van der Waals surface area contributed by atoms with Gasteiger partial charge in [-0.05, 0) is 30.7 Å². The standard InChI is InChI=1S/C18H23N3O2/c1-2-4-14(5-3-1)10-17-19-18(23-20-17)12-21(16-6-7-16)11-15-8-9-22-13-15/h1-5,15-16H,6-13H2/t15-/m0/s1. The fourth-order valence-electron chi connectivity index (χ4n) is 3.22. The van der Waals surface area contributed by atoms with Gasteiger partial charge < -0.3 is 9.26 Å². The van der Waals surface area contributed by atoms with Gasteiger partial charge in [0.2, 0.25) is 5.89 Å². The maximum absolute atomic E-state index is 5.50. The van der Waals surface area contributed by atoms with E-state index in [4.69, 9.17) is 9.26 Å². The maximum atomic E-state index is 5.50. The van der Waals surface area contributed by atoms with E-state index in [0.29, 0.717) is 12.0 Å². The molecule has 122 valence electrons. The normalized spacial score (nSPS) is 21.2. The fourth-order valence-corrected chi connectivity index (χ4v) is 3.22. The molecule has 0 unspecified atom stereocenters. The van der Waals surface area contributed by atoms with E-state index in [2.05, 4.69) is 27.2 Å². The molecule has 0 radical (unpaired) electrons. The van der Waals surface area contributed by atoms with Crippen LogP contribution in [0.3, 0.4) is 0 Å². The minimum atomic E-state index is 0.655. The number of hydrogen-bond donors (Lipinski definition) is 0. The monoisotopic (exact) mass is 313 g/mol. The summed E-state index contributed by atoms with van der Waals surface area (Å²) >= 11 is 0. The number of hydrogen-bond acceptors (Lipinski definition) is 5. The van der Waals surface area contributed by atoms with Crippen molar-refractivity contribution >= 4 is 0 Å². The van der Waals surface area contributed by atoms with Gasteiger partial charge in [-0.15, -0.1) is 0 Å². The molecule has 2 fully saturated rings. The second-order valence-electron chi connectivity index (χ2n) is 6.66. The van der Waals surface area contributed by atoms with Crippen LogP contribution in [0.2, 0.25) is 0 Å². The molecule has 5 heteroatoms. The molecular formula is C18H23N3O2. The summed E-state index contributed by atoms with van der Waals surface area (Å²) in [5, 5.41) is 4.14. The van der Waals surface area contributed by atoms with E-state index in [9.17, 15) is 0 Å². The highest BCUT2D eigenvalue weighted by Gasteiger charge is 2.32. The van der Waals surface area contributed by atoms with E-state index >= 15 is 0 Å². The largest absolute Gasteiger partial charge is 0.381 e. The molecule has 1 atom stereocenters. The van der Waals surface area contributed by atoms with Crippen LogP contribution in [0.4, 0.5) is 0 Å². The number of benzene rings is 1. The van der Waals surface area contributed by atoms with Crippen molar-refractivity contribution in [1.29, 1.82) is 0 Å². The van der Waals surface area contributed by atoms with Gasteiger partial charge in [-0.25, -0.2) is 0 Å². The Morgan fingerprint density at radius 3 is 2.74 bits per heavy atom. The molecule has 2 heterocycles. The summed E-state index contributed by atoms with van der Waals surface area (Å²) in [6, 6.07) is 11.0. The van der Waals surface area contributed by atoms with Crippen molar-refractivity contribution in [2.75, 3.05) is 19.8 Å². The summed E-state index contributed by atoms with van der Waals surface area (Å²) in [5.41, 5.74) is 1.21. The van der Waals surface area contributed by atoms with Gasteiger partial charge in [-0.2, -0.15) is 4.98 Å².